The summed E-state index contributed by atoms with van der Waals surface area (Å²) in [5.74, 6) is -1.93. The highest BCUT2D eigenvalue weighted by molar-refractivity contribution is 6.19. The Labute approximate surface area is 144 Å². The smallest absolute Gasteiger partial charge is 0.329 e. The Morgan fingerprint density at radius 3 is 2.56 bits per heavy atom. The summed E-state index contributed by atoms with van der Waals surface area (Å²) in [5.41, 5.74) is 0.444. The maximum Gasteiger partial charge on any atom is 0.329 e. The predicted octanol–water partition coefficient (Wildman–Crippen LogP) is -0.367. The molecule has 4 amide bonds. The standard InChI is InChI=1S/C17H19N3O5/c21-13(7-4-8-14(22)23)19-10-9-12-15(19)16(24)20(17(25)18-12)11-5-2-1-3-6-11/h1-3,5-6,12,15H,4,7-10H2,(H,18,25)(H,22,23)/p-1/t12-,15+/m1/s1. The number of aliphatic carboxylic acids is 1. The molecule has 25 heavy (non-hydrogen) atoms. The van der Waals surface area contributed by atoms with Crippen LogP contribution in [-0.4, -0.2) is 47.3 Å². The van der Waals surface area contributed by atoms with Gasteiger partial charge < -0.3 is 20.1 Å². The van der Waals surface area contributed by atoms with Crippen LogP contribution in [0.25, 0.3) is 0 Å². The maximum atomic E-state index is 12.9. The Hall–Kier alpha value is -2.90. The first kappa shape index (κ1) is 16.9. The van der Waals surface area contributed by atoms with Gasteiger partial charge in [-0.3, -0.25) is 9.59 Å². The molecular formula is C17H18N3O5-. The molecule has 2 atom stereocenters. The van der Waals surface area contributed by atoms with Crippen molar-refractivity contribution in [1.29, 1.82) is 0 Å². The molecule has 0 aliphatic carbocycles. The van der Waals surface area contributed by atoms with Gasteiger partial charge in [0.25, 0.3) is 5.91 Å². The number of nitrogens with zero attached hydrogens (tertiary/aromatic N) is 2. The van der Waals surface area contributed by atoms with E-state index in [-0.39, 0.29) is 25.2 Å². The van der Waals surface area contributed by atoms with Crippen LogP contribution in [0.4, 0.5) is 10.5 Å². The number of carbonyl (C=O) groups is 4. The Morgan fingerprint density at radius 2 is 1.88 bits per heavy atom. The lowest BCUT2D eigenvalue weighted by Crippen LogP contribution is -2.65. The van der Waals surface area contributed by atoms with Crippen LogP contribution in [-0.2, 0) is 14.4 Å². The summed E-state index contributed by atoms with van der Waals surface area (Å²) in [6.45, 7) is 0.355. The molecule has 0 saturated carbocycles. The number of para-hydroxylation sites is 1. The molecule has 8 heteroatoms. The van der Waals surface area contributed by atoms with Crippen molar-refractivity contribution in [3.05, 3.63) is 30.3 Å². The third kappa shape index (κ3) is 3.33. The summed E-state index contributed by atoms with van der Waals surface area (Å²) < 4.78 is 0. The number of rotatable bonds is 5. The van der Waals surface area contributed by atoms with Crippen molar-refractivity contribution in [2.75, 3.05) is 11.4 Å². The van der Waals surface area contributed by atoms with Gasteiger partial charge in [0.15, 0.2) is 0 Å². The highest BCUT2D eigenvalue weighted by atomic mass is 16.4. The largest absolute Gasteiger partial charge is 0.550 e. The van der Waals surface area contributed by atoms with Gasteiger partial charge in [-0.05, 0) is 31.4 Å². The normalized spacial score (nSPS) is 22.6. The van der Waals surface area contributed by atoms with E-state index in [9.17, 15) is 24.3 Å². The molecule has 8 nitrogen and oxygen atoms in total. The van der Waals surface area contributed by atoms with Crippen molar-refractivity contribution in [3.63, 3.8) is 0 Å². The number of amides is 4. The Kier molecular flexibility index (Phi) is 4.69. The van der Waals surface area contributed by atoms with Gasteiger partial charge in [0.1, 0.15) is 6.04 Å². The summed E-state index contributed by atoms with van der Waals surface area (Å²) >= 11 is 0. The van der Waals surface area contributed by atoms with E-state index in [1.165, 1.54) is 4.90 Å². The molecule has 2 aliphatic rings. The highest BCUT2D eigenvalue weighted by Gasteiger charge is 2.49. The lowest BCUT2D eigenvalue weighted by Gasteiger charge is -2.36. The number of carboxylic acids is 1. The van der Waals surface area contributed by atoms with Gasteiger partial charge >= 0.3 is 6.03 Å². The minimum absolute atomic E-state index is 0.0315. The molecule has 0 unspecified atom stereocenters. The average Bonchev–Trinajstić information content (AvgIpc) is 2.99. The monoisotopic (exact) mass is 344 g/mol. The van der Waals surface area contributed by atoms with Crippen LogP contribution in [0.1, 0.15) is 25.7 Å². The number of hydrogen-bond donors (Lipinski definition) is 1. The quantitative estimate of drug-likeness (QED) is 0.784. The van der Waals surface area contributed by atoms with Gasteiger partial charge in [0.05, 0.1) is 11.7 Å². The molecule has 2 heterocycles. The predicted molar refractivity (Wildman–Crippen MR) is 85.2 cm³/mol. The molecule has 1 N–H and O–H groups in total. The summed E-state index contributed by atoms with van der Waals surface area (Å²) in [4.78, 5) is 50.5. The number of fused-ring (bicyclic) bond motifs is 1. The first-order valence-corrected chi connectivity index (χ1v) is 8.18. The second kappa shape index (κ2) is 6.92. The van der Waals surface area contributed by atoms with Crippen LogP contribution in [0.3, 0.4) is 0 Å². The fourth-order valence-corrected chi connectivity index (χ4v) is 3.33. The number of carboxylic acid groups (broad SMARTS) is 1. The first-order valence-electron chi connectivity index (χ1n) is 8.18. The Bertz CT molecular complexity index is 705. The Morgan fingerprint density at radius 1 is 1.16 bits per heavy atom. The number of urea groups is 1. The number of carbonyl (C=O) groups excluding carboxylic acids is 4. The minimum Gasteiger partial charge on any atom is -0.550 e. The topological polar surface area (TPSA) is 110 Å². The molecule has 1 aromatic rings. The Balaban J connectivity index is 1.76. The summed E-state index contributed by atoms with van der Waals surface area (Å²) in [6.07, 6.45) is 0.493. The van der Waals surface area contributed by atoms with E-state index in [4.69, 9.17) is 0 Å². The number of likely N-dealkylation sites (tertiary alicyclic amines) is 1. The van der Waals surface area contributed by atoms with Crippen molar-refractivity contribution in [1.82, 2.24) is 10.2 Å². The summed E-state index contributed by atoms with van der Waals surface area (Å²) in [5, 5.41) is 13.3. The molecule has 0 bridgehead atoms. The van der Waals surface area contributed by atoms with Crippen molar-refractivity contribution >= 4 is 29.5 Å². The SMILES string of the molecule is O=C([O-])CCCC(=O)N1CC[C@H]2NC(=O)N(c3ccccc3)C(=O)[C@H]21. The van der Waals surface area contributed by atoms with Gasteiger partial charge in [0, 0.05) is 18.9 Å². The highest BCUT2D eigenvalue weighted by Crippen LogP contribution is 2.28. The lowest BCUT2D eigenvalue weighted by molar-refractivity contribution is -0.305. The van der Waals surface area contributed by atoms with Crippen LogP contribution in [0, 0.1) is 0 Å². The fraction of sp³-hybridized carbons (Fsp3) is 0.412. The van der Waals surface area contributed by atoms with Gasteiger partial charge in [0.2, 0.25) is 5.91 Å². The van der Waals surface area contributed by atoms with Crippen molar-refractivity contribution in [2.45, 2.75) is 37.8 Å². The minimum atomic E-state index is -1.21. The van der Waals surface area contributed by atoms with Crippen LogP contribution < -0.4 is 15.3 Å². The molecule has 2 aliphatic heterocycles. The number of benzene rings is 1. The van der Waals surface area contributed by atoms with Crippen LogP contribution in [0.2, 0.25) is 0 Å². The van der Waals surface area contributed by atoms with E-state index in [1.807, 2.05) is 0 Å². The van der Waals surface area contributed by atoms with E-state index in [0.717, 1.165) is 4.90 Å². The van der Waals surface area contributed by atoms with Gasteiger partial charge in [-0.15, -0.1) is 0 Å². The first-order chi connectivity index (χ1) is 12.0. The fourth-order valence-electron chi connectivity index (χ4n) is 3.33. The average molecular weight is 344 g/mol. The number of imide groups is 1. The van der Waals surface area contributed by atoms with E-state index < -0.39 is 30.0 Å². The molecule has 132 valence electrons. The van der Waals surface area contributed by atoms with Crippen LogP contribution >= 0.6 is 0 Å². The molecule has 0 aromatic heterocycles. The second-order valence-electron chi connectivity index (χ2n) is 6.11. The number of nitrogens with one attached hydrogen (secondary N) is 1. The molecule has 1 aromatic carbocycles. The third-order valence-electron chi connectivity index (χ3n) is 4.49. The molecule has 2 fully saturated rings. The molecule has 3 rings (SSSR count). The third-order valence-corrected chi connectivity index (χ3v) is 4.49. The molecule has 2 saturated heterocycles. The summed E-state index contributed by atoms with van der Waals surface area (Å²) in [6, 6.07) is 6.86. The van der Waals surface area contributed by atoms with E-state index in [0.29, 0.717) is 18.7 Å². The van der Waals surface area contributed by atoms with E-state index >= 15 is 0 Å². The zero-order valence-corrected chi connectivity index (χ0v) is 13.5. The zero-order chi connectivity index (χ0) is 18.0. The molecule has 0 radical (unpaired) electrons. The second-order valence-corrected chi connectivity index (χ2v) is 6.11. The number of anilines is 1. The van der Waals surface area contributed by atoms with Crippen molar-refractivity contribution < 1.29 is 24.3 Å². The lowest BCUT2D eigenvalue weighted by atomic mass is 10.0. The van der Waals surface area contributed by atoms with E-state index in [2.05, 4.69) is 5.32 Å². The summed E-state index contributed by atoms with van der Waals surface area (Å²) in [7, 11) is 0. The maximum absolute atomic E-state index is 12.9. The molecular weight excluding hydrogens is 326 g/mol. The van der Waals surface area contributed by atoms with Crippen LogP contribution in [0.15, 0.2) is 30.3 Å². The van der Waals surface area contributed by atoms with Crippen molar-refractivity contribution in [3.8, 4) is 0 Å². The van der Waals surface area contributed by atoms with Gasteiger partial charge in [-0.1, -0.05) is 18.2 Å². The van der Waals surface area contributed by atoms with Gasteiger partial charge in [-0.25, -0.2) is 9.69 Å². The van der Waals surface area contributed by atoms with Gasteiger partial charge in [-0.2, -0.15) is 0 Å². The van der Waals surface area contributed by atoms with Crippen LogP contribution in [0.5, 0.6) is 0 Å². The van der Waals surface area contributed by atoms with E-state index in [1.54, 1.807) is 30.3 Å². The zero-order valence-electron chi connectivity index (χ0n) is 13.5. The molecule has 0 spiro atoms. The number of hydrogen-bond acceptors (Lipinski definition) is 5. The van der Waals surface area contributed by atoms with Crippen molar-refractivity contribution in [2.24, 2.45) is 0 Å².